The smallest absolute Gasteiger partial charge is 0.142 e. The number of benzene rings is 2. The van der Waals surface area contributed by atoms with Crippen LogP contribution in [0.15, 0.2) is 42.5 Å². The summed E-state index contributed by atoms with van der Waals surface area (Å²) >= 11 is 0. The van der Waals surface area contributed by atoms with E-state index < -0.39 is 0 Å². The molecule has 0 spiro atoms. The summed E-state index contributed by atoms with van der Waals surface area (Å²) in [6.07, 6.45) is 5.63. The first-order valence-corrected chi connectivity index (χ1v) is 8.63. The van der Waals surface area contributed by atoms with Gasteiger partial charge >= 0.3 is 0 Å². The highest BCUT2D eigenvalue weighted by molar-refractivity contribution is 5.51. The van der Waals surface area contributed by atoms with Gasteiger partial charge in [-0.05, 0) is 55.7 Å². The van der Waals surface area contributed by atoms with Crippen molar-refractivity contribution in [3.63, 3.8) is 0 Å². The van der Waals surface area contributed by atoms with Crippen molar-refractivity contribution in [2.45, 2.75) is 39.0 Å². The molecule has 2 aromatic rings. The number of ether oxygens (including phenoxy) is 2. The molecule has 0 radical (unpaired) electrons. The zero-order chi connectivity index (χ0) is 17.2. The Morgan fingerprint density at radius 2 is 1.42 bits per heavy atom. The number of anilines is 2. The number of aryl methyl sites for hydroxylation is 1. The lowest BCUT2D eigenvalue weighted by Gasteiger charge is -2.09. The van der Waals surface area contributed by atoms with Gasteiger partial charge in [-0.15, -0.1) is 0 Å². The molecule has 0 unspecified atom stereocenters. The molecule has 0 heterocycles. The second kappa shape index (κ2) is 9.71. The first-order valence-electron chi connectivity index (χ1n) is 8.63. The topological polar surface area (TPSA) is 70.5 Å². The largest absolute Gasteiger partial charge is 0.494 e. The molecule has 0 amide bonds. The summed E-state index contributed by atoms with van der Waals surface area (Å²) in [4.78, 5) is 0. The lowest BCUT2D eigenvalue weighted by Crippen LogP contribution is -2.01. The molecule has 0 bridgehead atoms. The van der Waals surface area contributed by atoms with Crippen molar-refractivity contribution in [2.24, 2.45) is 0 Å². The zero-order valence-electron chi connectivity index (χ0n) is 14.5. The van der Waals surface area contributed by atoms with E-state index in [2.05, 4.69) is 0 Å². The van der Waals surface area contributed by atoms with Crippen molar-refractivity contribution < 1.29 is 9.47 Å². The van der Waals surface area contributed by atoms with Crippen LogP contribution < -0.4 is 20.9 Å². The van der Waals surface area contributed by atoms with Crippen LogP contribution in [0.4, 0.5) is 11.4 Å². The summed E-state index contributed by atoms with van der Waals surface area (Å²) in [5, 5.41) is 0. The Morgan fingerprint density at radius 1 is 0.750 bits per heavy atom. The molecule has 130 valence electrons. The van der Waals surface area contributed by atoms with Crippen LogP contribution in [0.25, 0.3) is 0 Å². The second-order valence-electron chi connectivity index (χ2n) is 6.02. The van der Waals surface area contributed by atoms with Gasteiger partial charge in [0.05, 0.1) is 18.9 Å². The van der Waals surface area contributed by atoms with Crippen LogP contribution >= 0.6 is 0 Å². The molecule has 0 fully saturated rings. The number of nitrogens with two attached hydrogens (primary N) is 2. The standard InChI is InChI=1S/C20H28N2O2/c1-16-15-17(11-12-18(16)21)23-13-7-3-2-4-8-14-24-20-10-6-5-9-19(20)22/h5-6,9-12,15H,2-4,7-8,13-14,21-22H2,1H3. The fourth-order valence-electron chi connectivity index (χ4n) is 2.46. The van der Waals surface area contributed by atoms with Gasteiger partial charge in [0.15, 0.2) is 0 Å². The molecule has 0 aromatic heterocycles. The van der Waals surface area contributed by atoms with Crippen LogP contribution in [0.1, 0.15) is 37.7 Å². The van der Waals surface area contributed by atoms with Gasteiger partial charge in [-0.25, -0.2) is 0 Å². The van der Waals surface area contributed by atoms with Gasteiger partial charge in [0.25, 0.3) is 0 Å². The van der Waals surface area contributed by atoms with E-state index >= 15 is 0 Å². The monoisotopic (exact) mass is 328 g/mol. The molecular weight excluding hydrogens is 300 g/mol. The summed E-state index contributed by atoms with van der Waals surface area (Å²) in [6.45, 7) is 3.46. The van der Waals surface area contributed by atoms with Crippen molar-refractivity contribution in [3.05, 3.63) is 48.0 Å². The average Bonchev–Trinajstić information content (AvgIpc) is 2.58. The quantitative estimate of drug-likeness (QED) is 0.495. The number of rotatable bonds is 10. The molecule has 0 saturated heterocycles. The van der Waals surface area contributed by atoms with Crippen LogP contribution in [0.3, 0.4) is 0 Å². The Bertz CT molecular complexity index is 629. The van der Waals surface area contributed by atoms with Gasteiger partial charge in [0, 0.05) is 5.69 Å². The number of hydrogen-bond donors (Lipinski definition) is 2. The lowest BCUT2D eigenvalue weighted by molar-refractivity contribution is 0.294. The Kier molecular flexibility index (Phi) is 7.27. The van der Waals surface area contributed by atoms with E-state index in [0.717, 1.165) is 55.2 Å². The van der Waals surface area contributed by atoms with Crippen LogP contribution in [0.5, 0.6) is 11.5 Å². The third-order valence-corrected chi connectivity index (χ3v) is 3.98. The summed E-state index contributed by atoms with van der Waals surface area (Å²) in [7, 11) is 0. The van der Waals surface area contributed by atoms with E-state index in [1.54, 1.807) is 0 Å². The molecule has 2 rings (SSSR count). The number of para-hydroxylation sites is 2. The maximum absolute atomic E-state index is 5.84. The molecule has 2 aromatic carbocycles. The van der Waals surface area contributed by atoms with Gasteiger partial charge in [-0.2, -0.15) is 0 Å². The maximum atomic E-state index is 5.84. The Labute approximate surface area is 144 Å². The first-order chi connectivity index (χ1) is 11.7. The van der Waals surface area contributed by atoms with Gasteiger partial charge in [0.1, 0.15) is 11.5 Å². The summed E-state index contributed by atoms with van der Waals surface area (Å²) in [5.41, 5.74) is 14.2. The predicted octanol–water partition coefficient (Wildman–Crippen LogP) is 4.57. The molecular formula is C20H28N2O2. The van der Waals surface area contributed by atoms with E-state index in [0.29, 0.717) is 5.69 Å². The Hall–Kier alpha value is -2.36. The molecule has 4 nitrogen and oxygen atoms in total. The lowest BCUT2D eigenvalue weighted by atomic mass is 10.1. The summed E-state index contributed by atoms with van der Waals surface area (Å²) in [6, 6.07) is 13.4. The van der Waals surface area contributed by atoms with E-state index in [-0.39, 0.29) is 0 Å². The van der Waals surface area contributed by atoms with Crippen molar-refractivity contribution in [1.82, 2.24) is 0 Å². The fourth-order valence-corrected chi connectivity index (χ4v) is 2.46. The molecule has 4 heteroatoms. The van der Waals surface area contributed by atoms with Crippen LogP contribution in [-0.2, 0) is 0 Å². The predicted molar refractivity (Wildman–Crippen MR) is 101 cm³/mol. The van der Waals surface area contributed by atoms with E-state index in [1.807, 2.05) is 49.4 Å². The maximum Gasteiger partial charge on any atom is 0.142 e. The number of unbranched alkanes of at least 4 members (excludes halogenated alkanes) is 4. The minimum atomic E-state index is 0.701. The van der Waals surface area contributed by atoms with Crippen LogP contribution in [-0.4, -0.2) is 13.2 Å². The van der Waals surface area contributed by atoms with Gasteiger partial charge in [0.2, 0.25) is 0 Å². The van der Waals surface area contributed by atoms with Gasteiger partial charge < -0.3 is 20.9 Å². The Morgan fingerprint density at radius 3 is 2.12 bits per heavy atom. The molecule has 0 saturated carbocycles. The highest BCUT2D eigenvalue weighted by atomic mass is 16.5. The third kappa shape index (κ3) is 6.03. The van der Waals surface area contributed by atoms with E-state index in [9.17, 15) is 0 Å². The minimum absolute atomic E-state index is 0.701. The second-order valence-corrected chi connectivity index (χ2v) is 6.02. The highest BCUT2D eigenvalue weighted by Crippen LogP contribution is 2.20. The molecule has 0 atom stereocenters. The molecule has 0 aliphatic carbocycles. The van der Waals surface area contributed by atoms with Gasteiger partial charge in [-0.3, -0.25) is 0 Å². The normalized spacial score (nSPS) is 10.5. The average molecular weight is 328 g/mol. The van der Waals surface area contributed by atoms with Crippen molar-refractivity contribution in [1.29, 1.82) is 0 Å². The zero-order valence-corrected chi connectivity index (χ0v) is 14.5. The summed E-state index contributed by atoms with van der Waals surface area (Å²) < 4.78 is 11.4. The number of hydrogen-bond acceptors (Lipinski definition) is 4. The van der Waals surface area contributed by atoms with Crippen molar-refractivity contribution in [3.8, 4) is 11.5 Å². The van der Waals surface area contributed by atoms with Crippen LogP contribution in [0, 0.1) is 6.92 Å². The van der Waals surface area contributed by atoms with E-state index in [1.165, 1.54) is 12.8 Å². The first kappa shape index (κ1) is 18.0. The molecule has 0 aliphatic heterocycles. The highest BCUT2D eigenvalue weighted by Gasteiger charge is 1.99. The van der Waals surface area contributed by atoms with E-state index in [4.69, 9.17) is 20.9 Å². The van der Waals surface area contributed by atoms with Crippen molar-refractivity contribution in [2.75, 3.05) is 24.7 Å². The van der Waals surface area contributed by atoms with Gasteiger partial charge in [-0.1, -0.05) is 31.4 Å². The number of nitrogen functional groups attached to an aromatic ring is 2. The fraction of sp³-hybridized carbons (Fsp3) is 0.400. The Balaban J connectivity index is 1.48. The summed E-state index contributed by atoms with van der Waals surface area (Å²) in [5.74, 6) is 1.68. The molecule has 24 heavy (non-hydrogen) atoms. The molecule has 4 N–H and O–H groups in total. The third-order valence-electron chi connectivity index (χ3n) is 3.98. The minimum Gasteiger partial charge on any atom is -0.494 e. The SMILES string of the molecule is Cc1cc(OCCCCCCCOc2ccccc2N)ccc1N. The van der Waals surface area contributed by atoms with Crippen molar-refractivity contribution >= 4 is 11.4 Å². The molecule has 0 aliphatic rings. The van der Waals surface area contributed by atoms with Crippen LogP contribution in [0.2, 0.25) is 0 Å².